The van der Waals surface area contributed by atoms with Crippen LogP contribution in [0, 0.1) is 0 Å². The molecule has 2 aliphatic rings. The molecule has 2 fully saturated rings. The summed E-state index contributed by atoms with van der Waals surface area (Å²) in [5.74, 6) is -0.0878. The molecule has 136 valence electrons. The highest BCUT2D eigenvalue weighted by molar-refractivity contribution is 7.88. The van der Waals surface area contributed by atoms with Gasteiger partial charge in [0.1, 0.15) is 0 Å². The Morgan fingerprint density at radius 1 is 1.08 bits per heavy atom. The van der Waals surface area contributed by atoms with Gasteiger partial charge in [0.15, 0.2) is 0 Å². The highest BCUT2D eigenvalue weighted by Gasteiger charge is 2.27. The van der Waals surface area contributed by atoms with Gasteiger partial charge in [0.25, 0.3) is 0 Å². The average molecular weight is 394 g/mol. The van der Waals surface area contributed by atoms with E-state index in [0.717, 1.165) is 26.2 Å². The number of nitrogens with zero attached hydrogens (tertiary/aromatic N) is 2. The zero-order valence-electron chi connectivity index (χ0n) is 13.7. The van der Waals surface area contributed by atoms with E-state index in [9.17, 15) is 8.42 Å². The second kappa shape index (κ2) is 8.83. The van der Waals surface area contributed by atoms with Crippen LogP contribution in [0.4, 0.5) is 0 Å². The predicted octanol–water partition coefficient (Wildman–Crippen LogP) is 2.66. The quantitative estimate of drug-likeness (QED) is 0.835. The standard InChI is InChI=1S/C16H24ClN3O2S.ClH/c17-16-8-4-1-5-14(16)13-23(21,22)18-20-11-9-19(10-12-20)15-6-2-3-7-15;/h1,4-5,8,15,18H,2-3,6-7,9-13H2;1H. The molecule has 1 heterocycles. The second-order valence-corrected chi connectivity index (χ2v) is 8.51. The number of nitrogens with one attached hydrogen (secondary N) is 1. The molecule has 1 aromatic rings. The van der Waals surface area contributed by atoms with E-state index in [-0.39, 0.29) is 18.2 Å². The number of piperazine rings is 1. The molecule has 5 nitrogen and oxygen atoms in total. The number of halogens is 2. The Morgan fingerprint density at radius 2 is 1.71 bits per heavy atom. The van der Waals surface area contributed by atoms with Crippen LogP contribution in [0.1, 0.15) is 31.2 Å². The molecule has 0 atom stereocenters. The number of rotatable bonds is 5. The first-order valence-electron chi connectivity index (χ1n) is 8.26. The molecule has 1 aromatic carbocycles. The van der Waals surface area contributed by atoms with Crippen LogP contribution >= 0.6 is 24.0 Å². The molecule has 0 unspecified atom stereocenters. The number of benzene rings is 1. The van der Waals surface area contributed by atoms with Gasteiger partial charge in [-0.05, 0) is 24.5 Å². The van der Waals surface area contributed by atoms with E-state index < -0.39 is 10.0 Å². The van der Waals surface area contributed by atoms with Crippen molar-refractivity contribution in [2.45, 2.75) is 37.5 Å². The minimum atomic E-state index is -3.42. The Bertz CT molecular complexity index is 628. The van der Waals surface area contributed by atoms with Crippen LogP contribution < -0.4 is 4.83 Å². The Kier molecular flexibility index (Phi) is 7.34. The summed E-state index contributed by atoms with van der Waals surface area (Å²) < 4.78 is 24.7. The number of hydrogen-bond acceptors (Lipinski definition) is 4. The van der Waals surface area contributed by atoms with Gasteiger partial charge in [0, 0.05) is 37.2 Å². The molecule has 0 spiro atoms. The van der Waals surface area contributed by atoms with Crippen molar-refractivity contribution in [1.29, 1.82) is 0 Å². The maximum Gasteiger partial charge on any atom is 0.228 e. The highest BCUT2D eigenvalue weighted by Crippen LogP contribution is 2.24. The molecule has 3 rings (SSSR count). The third-order valence-corrected chi connectivity index (χ3v) is 6.32. The fourth-order valence-corrected chi connectivity index (χ4v) is 5.08. The van der Waals surface area contributed by atoms with Gasteiger partial charge < -0.3 is 0 Å². The lowest BCUT2D eigenvalue weighted by Gasteiger charge is -2.37. The van der Waals surface area contributed by atoms with Gasteiger partial charge in [-0.2, -0.15) is 0 Å². The summed E-state index contributed by atoms with van der Waals surface area (Å²) >= 11 is 6.05. The summed E-state index contributed by atoms with van der Waals surface area (Å²) in [6.45, 7) is 3.33. The topological polar surface area (TPSA) is 52.7 Å². The van der Waals surface area contributed by atoms with Crippen molar-refractivity contribution in [3.8, 4) is 0 Å². The number of sulfonamides is 1. The lowest BCUT2D eigenvalue weighted by molar-refractivity contribution is 0.0850. The number of hydrazine groups is 1. The van der Waals surface area contributed by atoms with Gasteiger partial charge in [-0.15, -0.1) is 17.2 Å². The van der Waals surface area contributed by atoms with Crippen molar-refractivity contribution in [2.24, 2.45) is 0 Å². The molecule has 1 aliphatic heterocycles. The van der Waals surface area contributed by atoms with Gasteiger partial charge >= 0.3 is 0 Å². The minimum Gasteiger partial charge on any atom is -0.298 e. The van der Waals surface area contributed by atoms with E-state index in [4.69, 9.17) is 11.6 Å². The SMILES string of the molecule is Cl.O=S(=O)(Cc1ccccc1Cl)NN1CCN(C2CCCC2)CC1. The monoisotopic (exact) mass is 393 g/mol. The first-order chi connectivity index (χ1) is 11.0. The smallest absolute Gasteiger partial charge is 0.228 e. The first-order valence-corrected chi connectivity index (χ1v) is 10.3. The highest BCUT2D eigenvalue weighted by atomic mass is 35.5. The van der Waals surface area contributed by atoms with Gasteiger partial charge in [-0.25, -0.2) is 13.4 Å². The van der Waals surface area contributed by atoms with Crippen molar-refractivity contribution in [3.63, 3.8) is 0 Å². The van der Waals surface area contributed by atoms with Crippen LogP contribution in [0.3, 0.4) is 0 Å². The van der Waals surface area contributed by atoms with Gasteiger partial charge in [0.2, 0.25) is 10.0 Å². The molecule has 1 N–H and O–H groups in total. The molecule has 0 amide bonds. The van der Waals surface area contributed by atoms with Crippen LogP contribution in [0.2, 0.25) is 5.02 Å². The molecule has 0 bridgehead atoms. The van der Waals surface area contributed by atoms with E-state index in [1.165, 1.54) is 25.7 Å². The van der Waals surface area contributed by atoms with Gasteiger partial charge in [-0.3, -0.25) is 4.90 Å². The van der Waals surface area contributed by atoms with Crippen LogP contribution in [0.15, 0.2) is 24.3 Å². The summed E-state index contributed by atoms with van der Waals surface area (Å²) in [5, 5.41) is 2.31. The molecule has 1 aliphatic carbocycles. The van der Waals surface area contributed by atoms with Crippen molar-refractivity contribution in [2.75, 3.05) is 26.2 Å². The Hall–Kier alpha value is -0.370. The maximum absolute atomic E-state index is 12.3. The Balaban J connectivity index is 0.00000208. The first kappa shape index (κ1) is 19.9. The zero-order valence-corrected chi connectivity index (χ0v) is 16.0. The predicted molar refractivity (Wildman–Crippen MR) is 99.9 cm³/mol. The fourth-order valence-electron chi connectivity index (χ4n) is 3.50. The summed E-state index contributed by atoms with van der Waals surface area (Å²) in [6, 6.07) is 7.77. The lowest BCUT2D eigenvalue weighted by atomic mass is 10.2. The van der Waals surface area contributed by atoms with Crippen LogP contribution in [-0.2, 0) is 15.8 Å². The summed E-state index contributed by atoms with van der Waals surface area (Å²) in [6.07, 6.45) is 5.24. The largest absolute Gasteiger partial charge is 0.298 e. The van der Waals surface area contributed by atoms with E-state index in [1.807, 2.05) is 5.01 Å². The van der Waals surface area contributed by atoms with Crippen molar-refractivity contribution < 1.29 is 8.42 Å². The molecule has 1 saturated heterocycles. The molecule has 0 radical (unpaired) electrons. The van der Waals surface area contributed by atoms with Gasteiger partial charge in [-0.1, -0.05) is 42.6 Å². The Morgan fingerprint density at radius 3 is 2.33 bits per heavy atom. The molecule has 0 aromatic heterocycles. The fraction of sp³-hybridized carbons (Fsp3) is 0.625. The zero-order chi connectivity index (χ0) is 16.3. The van der Waals surface area contributed by atoms with Crippen LogP contribution in [0.25, 0.3) is 0 Å². The van der Waals surface area contributed by atoms with Crippen LogP contribution in [-0.4, -0.2) is 50.5 Å². The number of hydrogen-bond donors (Lipinski definition) is 1. The van der Waals surface area contributed by atoms with E-state index in [2.05, 4.69) is 9.73 Å². The van der Waals surface area contributed by atoms with Crippen LogP contribution in [0.5, 0.6) is 0 Å². The third kappa shape index (κ3) is 5.31. The molecular formula is C16H25Cl2N3O2S. The summed E-state index contributed by atoms with van der Waals surface area (Å²) in [4.78, 5) is 5.21. The van der Waals surface area contributed by atoms with E-state index in [1.54, 1.807) is 24.3 Å². The second-order valence-electron chi connectivity index (χ2n) is 6.40. The Labute approximate surface area is 155 Å². The average Bonchev–Trinajstić information content (AvgIpc) is 3.04. The molecule has 24 heavy (non-hydrogen) atoms. The molecular weight excluding hydrogens is 369 g/mol. The van der Waals surface area contributed by atoms with Crippen molar-refractivity contribution in [1.82, 2.24) is 14.7 Å². The van der Waals surface area contributed by atoms with E-state index >= 15 is 0 Å². The van der Waals surface area contributed by atoms with Gasteiger partial charge in [0.05, 0.1) is 5.75 Å². The van der Waals surface area contributed by atoms with Crippen molar-refractivity contribution >= 4 is 34.0 Å². The maximum atomic E-state index is 12.3. The molecule has 8 heteroatoms. The van der Waals surface area contributed by atoms with Crippen molar-refractivity contribution in [3.05, 3.63) is 34.9 Å². The minimum absolute atomic E-state index is 0. The van der Waals surface area contributed by atoms with E-state index in [0.29, 0.717) is 16.6 Å². The summed E-state index contributed by atoms with van der Waals surface area (Å²) in [5.41, 5.74) is 0.631. The third-order valence-electron chi connectivity index (χ3n) is 4.73. The summed E-state index contributed by atoms with van der Waals surface area (Å²) in [7, 11) is -3.42. The lowest BCUT2D eigenvalue weighted by Crippen LogP contribution is -2.55. The molecule has 1 saturated carbocycles. The normalized spacial score (nSPS) is 20.9.